The van der Waals surface area contributed by atoms with Crippen LogP contribution >= 0.6 is 0 Å². The summed E-state index contributed by atoms with van der Waals surface area (Å²) in [6.45, 7) is 6.18. The summed E-state index contributed by atoms with van der Waals surface area (Å²) in [4.78, 5) is 22.0. The second-order valence-electron chi connectivity index (χ2n) is 8.27. The van der Waals surface area contributed by atoms with Crippen LogP contribution in [0, 0.1) is 11.8 Å². The fraction of sp³-hybridized carbons (Fsp3) is 0.455. The summed E-state index contributed by atoms with van der Waals surface area (Å²) in [5.74, 6) is 1.16. The minimum absolute atomic E-state index is 0.0427. The van der Waals surface area contributed by atoms with E-state index in [1.807, 2.05) is 25.5 Å². The molecule has 2 N–H and O–H groups in total. The van der Waals surface area contributed by atoms with Gasteiger partial charge in [0.2, 0.25) is 5.91 Å². The third-order valence-corrected chi connectivity index (χ3v) is 5.35. The number of nitrogens with one attached hydrogen (secondary N) is 2. The second-order valence-corrected chi connectivity index (χ2v) is 8.27. The average Bonchev–Trinajstić information content (AvgIpc) is 3.14. The second kappa shape index (κ2) is 8.29. The molecule has 1 amide bonds. The number of fused-ring (bicyclic) bond motifs is 1. The molecule has 0 spiro atoms. The van der Waals surface area contributed by atoms with E-state index in [1.54, 1.807) is 10.9 Å². The zero-order valence-electron chi connectivity index (χ0n) is 17.3. The first kappa shape index (κ1) is 19.5. The molecule has 1 saturated heterocycles. The molecule has 29 heavy (non-hydrogen) atoms. The molecular weight excluding hydrogens is 364 g/mol. The van der Waals surface area contributed by atoms with Crippen LogP contribution in [0.3, 0.4) is 0 Å². The summed E-state index contributed by atoms with van der Waals surface area (Å²) >= 11 is 0. The highest BCUT2D eigenvalue weighted by Gasteiger charge is 2.21. The van der Waals surface area contributed by atoms with Crippen molar-refractivity contribution in [2.75, 3.05) is 18.4 Å². The van der Waals surface area contributed by atoms with Gasteiger partial charge in [-0.3, -0.25) is 9.48 Å². The van der Waals surface area contributed by atoms with E-state index in [9.17, 15) is 4.79 Å². The molecule has 0 radical (unpaired) electrons. The number of aromatic nitrogens is 4. The van der Waals surface area contributed by atoms with E-state index in [4.69, 9.17) is 4.98 Å². The van der Waals surface area contributed by atoms with Crippen molar-refractivity contribution in [3.05, 3.63) is 36.3 Å². The lowest BCUT2D eigenvalue weighted by Gasteiger charge is -2.21. The molecular formula is C22H28N6O. The molecule has 1 aliphatic rings. The van der Waals surface area contributed by atoms with Crippen LogP contribution in [0.2, 0.25) is 0 Å². The van der Waals surface area contributed by atoms with Crippen LogP contribution in [0.4, 0.5) is 5.82 Å². The lowest BCUT2D eigenvalue weighted by molar-refractivity contribution is -0.120. The standard InChI is InChI=1S/C22H28N6O/c1-14(2)8-16-9-17-11-24-20(27-22(29)15-4-6-23-7-5-15)10-19(17)26-21(16)18-12-25-28(3)13-18/h9-15,23H,4-8H2,1-3H3,(H,24,27,29). The topological polar surface area (TPSA) is 84.7 Å². The summed E-state index contributed by atoms with van der Waals surface area (Å²) < 4.78 is 1.79. The number of anilines is 1. The number of pyridine rings is 2. The summed E-state index contributed by atoms with van der Waals surface area (Å²) in [6, 6.07) is 4.03. The van der Waals surface area contributed by atoms with Gasteiger partial charge in [0.15, 0.2) is 0 Å². The first-order valence-corrected chi connectivity index (χ1v) is 10.3. The zero-order valence-corrected chi connectivity index (χ0v) is 17.3. The molecule has 1 fully saturated rings. The third-order valence-electron chi connectivity index (χ3n) is 5.35. The number of piperidine rings is 1. The fourth-order valence-corrected chi connectivity index (χ4v) is 3.88. The molecule has 4 heterocycles. The molecule has 3 aromatic rings. The maximum atomic E-state index is 12.6. The highest BCUT2D eigenvalue weighted by Crippen LogP contribution is 2.28. The van der Waals surface area contributed by atoms with Gasteiger partial charge in [-0.1, -0.05) is 13.8 Å². The Balaban J connectivity index is 1.67. The Morgan fingerprint density at radius 3 is 2.76 bits per heavy atom. The van der Waals surface area contributed by atoms with Crippen molar-refractivity contribution in [3.63, 3.8) is 0 Å². The highest BCUT2D eigenvalue weighted by molar-refractivity contribution is 5.94. The average molecular weight is 393 g/mol. The third kappa shape index (κ3) is 4.45. The van der Waals surface area contributed by atoms with Crippen molar-refractivity contribution >= 4 is 22.6 Å². The number of nitrogens with zero attached hydrogens (tertiary/aromatic N) is 4. The Hall–Kier alpha value is -2.80. The molecule has 0 aliphatic carbocycles. The van der Waals surface area contributed by atoms with Crippen molar-refractivity contribution in [2.45, 2.75) is 33.1 Å². The van der Waals surface area contributed by atoms with Crippen LogP contribution in [-0.4, -0.2) is 38.7 Å². The van der Waals surface area contributed by atoms with Gasteiger partial charge in [0.05, 0.1) is 17.4 Å². The predicted octanol–water partition coefficient (Wildman–Crippen LogP) is 3.17. The number of rotatable bonds is 5. The van der Waals surface area contributed by atoms with Crippen LogP contribution in [0.5, 0.6) is 0 Å². The van der Waals surface area contributed by atoms with E-state index >= 15 is 0 Å². The van der Waals surface area contributed by atoms with Crippen LogP contribution in [0.25, 0.3) is 22.2 Å². The number of aryl methyl sites for hydroxylation is 1. The SMILES string of the molecule is CC(C)Cc1cc2cnc(NC(=O)C3CCNCC3)cc2nc1-c1cnn(C)c1. The highest BCUT2D eigenvalue weighted by atomic mass is 16.1. The zero-order chi connectivity index (χ0) is 20.4. The summed E-state index contributed by atoms with van der Waals surface area (Å²) in [7, 11) is 1.91. The molecule has 4 rings (SSSR count). The van der Waals surface area contributed by atoms with Gasteiger partial charge < -0.3 is 10.6 Å². The van der Waals surface area contributed by atoms with Crippen molar-refractivity contribution in [3.8, 4) is 11.3 Å². The van der Waals surface area contributed by atoms with Crippen molar-refractivity contribution in [2.24, 2.45) is 18.9 Å². The van der Waals surface area contributed by atoms with Crippen molar-refractivity contribution < 1.29 is 4.79 Å². The monoisotopic (exact) mass is 392 g/mol. The number of carbonyl (C=O) groups excluding carboxylic acids is 1. The molecule has 3 aromatic heterocycles. The van der Waals surface area contributed by atoms with Gasteiger partial charge in [0.25, 0.3) is 0 Å². The van der Waals surface area contributed by atoms with Gasteiger partial charge in [-0.25, -0.2) is 9.97 Å². The molecule has 0 saturated carbocycles. The Kier molecular flexibility index (Phi) is 5.58. The van der Waals surface area contributed by atoms with Crippen LogP contribution < -0.4 is 10.6 Å². The van der Waals surface area contributed by atoms with Gasteiger partial charge in [0, 0.05) is 42.4 Å². The van der Waals surface area contributed by atoms with Gasteiger partial charge >= 0.3 is 0 Å². The molecule has 7 nitrogen and oxygen atoms in total. The maximum Gasteiger partial charge on any atom is 0.228 e. The molecule has 0 atom stereocenters. The first-order chi connectivity index (χ1) is 14.0. The van der Waals surface area contributed by atoms with E-state index in [-0.39, 0.29) is 11.8 Å². The van der Waals surface area contributed by atoms with Gasteiger partial charge in [-0.15, -0.1) is 0 Å². The van der Waals surface area contributed by atoms with Crippen molar-refractivity contribution in [1.82, 2.24) is 25.1 Å². The molecule has 152 valence electrons. The minimum Gasteiger partial charge on any atom is -0.317 e. The Morgan fingerprint density at radius 2 is 2.07 bits per heavy atom. The smallest absolute Gasteiger partial charge is 0.228 e. The molecule has 0 unspecified atom stereocenters. The quantitative estimate of drug-likeness (QED) is 0.697. The Morgan fingerprint density at radius 1 is 1.28 bits per heavy atom. The number of amides is 1. The van der Waals surface area contributed by atoms with Crippen molar-refractivity contribution in [1.29, 1.82) is 0 Å². The normalized spacial score (nSPS) is 15.2. The lowest BCUT2D eigenvalue weighted by atomic mass is 9.97. The van der Waals surface area contributed by atoms with E-state index in [1.165, 1.54) is 5.56 Å². The number of carbonyl (C=O) groups is 1. The minimum atomic E-state index is 0.0427. The van der Waals surface area contributed by atoms with E-state index in [2.05, 4.69) is 40.6 Å². The van der Waals surface area contributed by atoms with E-state index in [0.29, 0.717) is 11.7 Å². The maximum absolute atomic E-state index is 12.6. The van der Waals surface area contributed by atoms with Gasteiger partial charge in [-0.2, -0.15) is 5.10 Å². The van der Waals surface area contributed by atoms with Gasteiger partial charge in [-0.05, 0) is 49.9 Å². The first-order valence-electron chi connectivity index (χ1n) is 10.3. The number of hydrogen-bond donors (Lipinski definition) is 2. The molecule has 0 aromatic carbocycles. The van der Waals surface area contributed by atoms with Crippen LogP contribution in [0.15, 0.2) is 30.7 Å². The fourth-order valence-electron chi connectivity index (χ4n) is 3.88. The van der Waals surface area contributed by atoms with Crippen LogP contribution in [0.1, 0.15) is 32.3 Å². The summed E-state index contributed by atoms with van der Waals surface area (Å²) in [5.41, 5.74) is 3.96. The summed E-state index contributed by atoms with van der Waals surface area (Å²) in [5, 5.41) is 11.6. The summed E-state index contributed by atoms with van der Waals surface area (Å²) in [6.07, 6.45) is 8.29. The lowest BCUT2D eigenvalue weighted by Crippen LogP contribution is -2.34. The van der Waals surface area contributed by atoms with Gasteiger partial charge in [0.1, 0.15) is 5.82 Å². The molecule has 0 bridgehead atoms. The number of hydrogen-bond acceptors (Lipinski definition) is 5. The Bertz CT molecular complexity index is 1020. The predicted molar refractivity (Wildman–Crippen MR) is 115 cm³/mol. The molecule has 1 aliphatic heterocycles. The van der Waals surface area contributed by atoms with E-state index in [0.717, 1.165) is 54.5 Å². The van der Waals surface area contributed by atoms with Crippen LogP contribution in [-0.2, 0) is 18.3 Å². The molecule has 7 heteroatoms. The largest absolute Gasteiger partial charge is 0.317 e. The van der Waals surface area contributed by atoms with E-state index < -0.39 is 0 Å². The Labute approximate surface area is 170 Å².